The smallest absolute Gasteiger partial charge is 0.0799 e. The van der Waals surface area contributed by atoms with Crippen molar-refractivity contribution in [1.29, 1.82) is 0 Å². The third kappa shape index (κ3) is 1.67. The van der Waals surface area contributed by atoms with Crippen LogP contribution in [0.1, 0.15) is 0 Å². The minimum absolute atomic E-state index is 1.16. The molecule has 0 radical (unpaired) electrons. The number of benzene rings is 1. The van der Waals surface area contributed by atoms with Gasteiger partial charge in [-0.25, -0.2) is 0 Å². The molecular formula is C8H3BrI2S. The van der Waals surface area contributed by atoms with E-state index in [1.54, 1.807) is 0 Å². The summed E-state index contributed by atoms with van der Waals surface area (Å²) < 4.78 is 5.27. The highest BCUT2D eigenvalue weighted by Gasteiger charge is 2.06. The van der Waals surface area contributed by atoms with Crippen molar-refractivity contribution in [2.24, 2.45) is 0 Å². The molecule has 62 valence electrons. The molecule has 0 atom stereocenters. The van der Waals surface area contributed by atoms with E-state index in [-0.39, 0.29) is 0 Å². The van der Waals surface area contributed by atoms with Crippen LogP contribution in [0.25, 0.3) is 10.1 Å². The number of hydrogen-bond donors (Lipinski definition) is 0. The molecule has 0 aliphatic heterocycles. The molecule has 0 nitrogen and oxygen atoms in total. The number of thiophene rings is 1. The Morgan fingerprint density at radius 2 is 2.00 bits per heavy atom. The van der Waals surface area contributed by atoms with E-state index in [2.05, 4.69) is 79.3 Å². The maximum Gasteiger partial charge on any atom is 0.0799 e. The Kier molecular flexibility index (Phi) is 2.98. The lowest BCUT2D eigenvalue weighted by Gasteiger charge is -1.90. The van der Waals surface area contributed by atoms with Gasteiger partial charge in [0, 0.05) is 18.1 Å². The number of fused-ring (bicyclic) bond motifs is 1. The van der Waals surface area contributed by atoms with Crippen LogP contribution in [-0.2, 0) is 0 Å². The Balaban J connectivity index is 2.87. The van der Waals surface area contributed by atoms with E-state index >= 15 is 0 Å². The molecule has 2 rings (SSSR count). The summed E-state index contributed by atoms with van der Waals surface area (Å²) in [7, 11) is 0. The molecule has 0 N–H and O–H groups in total. The Morgan fingerprint density at radius 3 is 2.75 bits per heavy atom. The van der Waals surface area contributed by atoms with Gasteiger partial charge in [0.05, 0.1) is 2.88 Å². The molecule has 0 unspecified atom stereocenters. The molecular weight excluding hydrogens is 462 g/mol. The van der Waals surface area contributed by atoms with E-state index < -0.39 is 0 Å². The summed E-state index contributed by atoms with van der Waals surface area (Å²) in [5.41, 5.74) is 0. The summed E-state index contributed by atoms with van der Waals surface area (Å²) in [6.45, 7) is 0. The fraction of sp³-hybridized carbons (Fsp3) is 0. The van der Waals surface area contributed by atoms with Crippen molar-refractivity contribution in [2.75, 3.05) is 0 Å². The van der Waals surface area contributed by atoms with Crippen LogP contribution in [0, 0.1) is 6.45 Å². The molecule has 0 aliphatic carbocycles. The number of rotatable bonds is 0. The van der Waals surface area contributed by atoms with Crippen LogP contribution in [-0.4, -0.2) is 0 Å². The minimum Gasteiger partial charge on any atom is -0.128 e. The average Bonchev–Trinajstić information content (AvgIpc) is 2.28. The van der Waals surface area contributed by atoms with Crippen LogP contribution in [0.5, 0.6) is 0 Å². The second kappa shape index (κ2) is 3.70. The molecule has 0 bridgehead atoms. The van der Waals surface area contributed by atoms with E-state index in [9.17, 15) is 0 Å². The van der Waals surface area contributed by atoms with Gasteiger partial charge in [0.15, 0.2) is 0 Å². The summed E-state index contributed by atoms with van der Waals surface area (Å²) in [5.74, 6) is 0. The normalized spacial score (nSPS) is 10.9. The largest absolute Gasteiger partial charge is 0.128 e. The summed E-state index contributed by atoms with van der Waals surface area (Å²) in [5, 5.41) is 1.37. The minimum atomic E-state index is 1.16. The lowest BCUT2D eigenvalue weighted by Crippen LogP contribution is -1.68. The van der Waals surface area contributed by atoms with Gasteiger partial charge < -0.3 is 0 Å². The van der Waals surface area contributed by atoms with E-state index in [1.165, 1.54) is 16.5 Å². The van der Waals surface area contributed by atoms with E-state index in [1.807, 2.05) is 11.3 Å². The van der Waals surface area contributed by atoms with Crippen molar-refractivity contribution < 1.29 is 0 Å². The standard InChI is InChI=1S/C8H3BrI2S/c9-4-1-2-5-6(3-4)12-8(11)7(5)10/h1-3H. The summed E-state index contributed by atoms with van der Waals surface area (Å²) >= 11 is 10.1. The van der Waals surface area contributed by atoms with Crippen molar-refractivity contribution >= 4 is 82.5 Å². The first kappa shape index (κ1) is 9.67. The molecule has 4 heteroatoms. The predicted molar refractivity (Wildman–Crippen MR) is 75.0 cm³/mol. The third-order valence-electron chi connectivity index (χ3n) is 1.55. The highest BCUT2D eigenvalue weighted by molar-refractivity contribution is 14.1. The zero-order valence-corrected chi connectivity index (χ0v) is 12.5. The van der Waals surface area contributed by atoms with Gasteiger partial charge in [-0.1, -0.05) is 22.0 Å². The summed E-state index contributed by atoms with van der Waals surface area (Å²) in [4.78, 5) is 0. The second-order valence-corrected chi connectivity index (χ2v) is 7.19. The Bertz CT molecular complexity index is 436. The lowest BCUT2D eigenvalue weighted by atomic mass is 10.3. The van der Waals surface area contributed by atoms with Crippen molar-refractivity contribution in [3.05, 3.63) is 29.1 Å². The van der Waals surface area contributed by atoms with Crippen molar-refractivity contribution in [3.8, 4) is 0 Å². The molecule has 2 aromatic rings. The third-order valence-corrected chi connectivity index (χ3v) is 6.71. The molecule has 0 aliphatic rings. The molecule has 1 heterocycles. The first-order valence-corrected chi connectivity index (χ1v) is 6.98. The summed E-state index contributed by atoms with van der Waals surface area (Å²) in [6, 6.07) is 6.43. The highest BCUT2D eigenvalue weighted by Crippen LogP contribution is 2.34. The molecule has 0 spiro atoms. The highest BCUT2D eigenvalue weighted by atomic mass is 127. The second-order valence-electron chi connectivity index (χ2n) is 2.33. The molecule has 0 fully saturated rings. The van der Waals surface area contributed by atoms with Crippen LogP contribution in [0.4, 0.5) is 0 Å². The van der Waals surface area contributed by atoms with Crippen LogP contribution >= 0.6 is 72.4 Å². The van der Waals surface area contributed by atoms with Gasteiger partial charge >= 0.3 is 0 Å². The van der Waals surface area contributed by atoms with Crippen LogP contribution in [0.2, 0.25) is 0 Å². The summed E-state index contributed by atoms with van der Waals surface area (Å²) in [6.07, 6.45) is 0. The average molecular weight is 465 g/mol. The van der Waals surface area contributed by atoms with Crippen molar-refractivity contribution in [3.63, 3.8) is 0 Å². The van der Waals surface area contributed by atoms with Gasteiger partial charge in [-0.3, -0.25) is 0 Å². The molecule has 12 heavy (non-hydrogen) atoms. The van der Waals surface area contributed by atoms with E-state index in [0.717, 1.165) is 4.47 Å². The van der Waals surface area contributed by atoms with Gasteiger partial charge in [-0.05, 0) is 57.3 Å². The Labute approximate surface area is 110 Å². The van der Waals surface area contributed by atoms with Gasteiger partial charge in [0.1, 0.15) is 0 Å². The van der Waals surface area contributed by atoms with Crippen molar-refractivity contribution in [1.82, 2.24) is 0 Å². The number of halogens is 3. The monoisotopic (exact) mass is 464 g/mol. The molecule has 1 aromatic heterocycles. The zero-order chi connectivity index (χ0) is 8.72. The van der Waals surface area contributed by atoms with Gasteiger partial charge in [-0.15, -0.1) is 11.3 Å². The topological polar surface area (TPSA) is 0 Å². The molecule has 1 aromatic carbocycles. The lowest BCUT2D eigenvalue weighted by molar-refractivity contribution is 1.75. The van der Waals surface area contributed by atoms with Gasteiger partial charge in [-0.2, -0.15) is 0 Å². The quantitative estimate of drug-likeness (QED) is 0.488. The predicted octanol–water partition coefficient (Wildman–Crippen LogP) is 4.87. The maximum atomic E-state index is 3.47. The molecule has 0 saturated heterocycles. The first-order valence-electron chi connectivity index (χ1n) is 3.21. The van der Waals surface area contributed by atoms with Crippen LogP contribution in [0.3, 0.4) is 0 Å². The van der Waals surface area contributed by atoms with E-state index in [4.69, 9.17) is 0 Å². The fourth-order valence-electron chi connectivity index (χ4n) is 1.01. The Hall–Kier alpha value is 1.12. The SMILES string of the molecule is Brc1ccc2c(I)c(I)sc2c1. The first-order chi connectivity index (χ1) is 5.68. The zero-order valence-electron chi connectivity index (χ0n) is 5.77. The number of hydrogen-bond acceptors (Lipinski definition) is 1. The maximum absolute atomic E-state index is 3.47. The Morgan fingerprint density at radius 1 is 1.25 bits per heavy atom. The fourth-order valence-corrected chi connectivity index (χ4v) is 4.37. The van der Waals surface area contributed by atoms with Crippen LogP contribution < -0.4 is 0 Å². The van der Waals surface area contributed by atoms with Crippen LogP contribution in [0.15, 0.2) is 22.7 Å². The molecule has 0 amide bonds. The van der Waals surface area contributed by atoms with E-state index in [0.29, 0.717) is 0 Å². The van der Waals surface area contributed by atoms with Crippen molar-refractivity contribution in [2.45, 2.75) is 0 Å². The van der Waals surface area contributed by atoms with Gasteiger partial charge in [0.25, 0.3) is 0 Å². The molecule has 0 saturated carbocycles. The van der Waals surface area contributed by atoms with Gasteiger partial charge in [0.2, 0.25) is 0 Å².